The molecule has 0 saturated carbocycles. The summed E-state index contributed by atoms with van der Waals surface area (Å²) < 4.78 is 0. The van der Waals surface area contributed by atoms with Crippen LogP contribution in [0.3, 0.4) is 0 Å². The zero-order chi connectivity index (χ0) is 80.5. The van der Waals surface area contributed by atoms with Gasteiger partial charge in [-0.05, 0) is 163 Å². The summed E-state index contributed by atoms with van der Waals surface area (Å²) >= 11 is 0. The van der Waals surface area contributed by atoms with E-state index in [1.807, 2.05) is 72.8 Å². The van der Waals surface area contributed by atoms with Crippen molar-refractivity contribution in [2.45, 2.75) is 0 Å². The Morgan fingerprint density at radius 2 is 0.333 bits per heavy atom. The molecule has 0 spiro atoms. The van der Waals surface area contributed by atoms with Crippen molar-refractivity contribution in [1.82, 2.24) is 29.9 Å². The number of hydrogen-bond donors (Lipinski definition) is 0. The minimum atomic E-state index is 0.611. The minimum Gasteiger partial charge on any atom is -0.208 e. The monoisotopic (exact) mass is 1530 g/mol. The summed E-state index contributed by atoms with van der Waals surface area (Å²) in [6.45, 7) is 0. The molecule has 0 aliphatic heterocycles. The second kappa shape index (κ2) is 33.5. The summed E-state index contributed by atoms with van der Waals surface area (Å²) in [4.78, 5) is 30.5. The lowest BCUT2D eigenvalue weighted by Gasteiger charge is -2.14. The third kappa shape index (κ3) is 15.7. The predicted octanol–water partition coefficient (Wildman–Crippen LogP) is 28.5. The van der Waals surface area contributed by atoms with Crippen molar-refractivity contribution in [3.05, 3.63) is 448 Å². The first-order chi connectivity index (χ1) is 59.3. The highest BCUT2D eigenvalue weighted by Gasteiger charge is 2.20. The van der Waals surface area contributed by atoms with E-state index in [-0.39, 0.29) is 0 Å². The molecule has 0 aliphatic carbocycles. The summed E-state index contributed by atoms with van der Waals surface area (Å²) in [5.41, 5.74) is 29.4. The van der Waals surface area contributed by atoms with Gasteiger partial charge in [-0.3, -0.25) is 0 Å². The third-order valence-corrected chi connectivity index (χ3v) is 22.1. The van der Waals surface area contributed by atoms with Gasteiger partial charge in [0, 0.05) is 33.4 Å². The first kappa shape index (κ1) is 73.6. The second-order valence-corrected chi connectivity index (χ2v) is 29.5. The van der Waals surface area contributed by atoms with E-state index in [1.165, 1.54) is 27.3 Å². The Hall–Kier alpha value is -16.5. The topological polar surface area (TPSA) is 125 Å². The van der Waals surface area contributed by atoms with Crippen LogP contribution in [0.25, 0.3) is 201 Å². The van der Waals surface area contributed by atoms with Crippen LogP contribution < -0.4 is 0 Å². The van der Waals surface area contributed by atoms with E-state index < -0.39 is 0 Å². The summed E-state index contributed by atoms with van der Waals surface area (Å²) in [5.74, 6) is 3.70. The summed E-state index contributed by atoms with van der Waals surface area (Å²) in [6.07, 6.45) is 0. The number of aromatic nitrogens is 6. The Balaban J connectivity index is 0.000000159. The fourth-order valence-corrected chi connectivity index (χ4v) is 15.7. The summed E-state index contributed by atoms with van der Waals surface area (Å²) in [7, 11) is 0. The Labute approximate surface area is 697 Å². The molecule has 20 rings (SSSR count). The third-order valence-electron chi connectivity index (χ3n) is 22.1. The number of benzene rings is 18. The predicted molar refractivity (Wildman–Crippen MR) is 491 cm³/mol. The average Bonchev–Trinajstić information content (AvgIpc) is 0.761. The van der Waals surface area contributed by atoms with Crippen molar-refractivity contribution in [3.63, 3.8) is 0 Å². The van der Waals surface area contributed by atoms with Gasteiger partial charge in [0.2, 0.25) is 0 Å². The van der Waals surface area contributed by atoms with Crippen LogP contribution in [-0.4, -0.2) is 29.9 Å². The molecule has 2 heterocycles. The molecule has 18 aromatic carbocycles. The molecular formula is C112H72N8. The van der Waals surface area contributed by atoms with Crippen LogP contribution in [0.4, 0.5) is 0 Å². The summed E-state index contributed by atoms with van der Waals surface area (Å²) in [6, 6.07) is 155. The lowest BCUT2D eigenvalue weighted by Crippen LogP contribution is -2.00. The summed E-state index contributed by atoms with van der Waals surface area (Å²) in [5, 5.41) is 23.3. The number of nitrogens with zero attached hydrogens (tertiary/aromatic N) is 8. The van der Waals surface area contributed by atoms with Crippen LogP contribution in [0.15, 0.2) is 437 Å². The highest BCUT2D eigenvalue weighted by Crippen LogP contribution is 2.42. The van der Waals surface area contributed by atoms with Crippen molar-refractivity contribution in [2.75, 3.05) is 0 Å². The van der Waals surface area contributed by atoms with Crippen molar-refractivity contribution < 1.29 is 0 Å². The van der Waals surface area contributed by atoms with Crippen LogP contribution in [0.5, 0.6) is 0 Å². The molecule has 8 heteroatoms. The van der Waals surface area contributed by atoms with Gasteiger partial charge >= 0.3 is 0 Å². The van der Waals surface area contributed by atoms with Crippen LogP contribution in [-0.2, 0) is 0 Å². The molecule has 120 heavy (non-hydrogen) atoms. The molecular weight excluding hydrogens is 1460 g/mol. The van der Waals surface area contributed by atoms with Crippen LogP contribution in [0, 0.1) is 22.7 Å². The van der Waals surface area contributed by atoms with E-state index in [9.17, 15) is 10.5 Å². The molecule has 0 N–H and O–H groups in total. The number of nitriles is 2. The molecule has 0 bridgehead atoms. The van der Waals surface area contributed by atoms with E-state index in [0.29, 0.717) is 46.1 Å². The SMILES string of the molecule is N#Cc1ccc(-c2ccc(-c3ccc(-c4cccc(-c5nc(-c6ccc(-c7ccccc7)cc6)nc(-c6ccc(-c7ccccc7)cc6)n5)c4)c4ccccc34)cc2)cc1.N#Cc1cccc(-c2ccc(-c3ccc(-c4ccc(-c5nc(-c6ccc(-c7ccccc7)cc6)nc(-c6ccc(-c7ccccc7)cc6)n5)cc4)c4ccccc34)cc2)c1. The van der Waals surface area contributed by atoms with Gasteiger partial charge in [0.25, 0.3) is 0 Å². The maximum Gasteiger partial charge on any atom is 0.164 e. The van der Waals surface area contributed by atoms with Crippen molar-refractivity contribution in [1.29, 1.82) is 10.5 Å². The van der Waals surface area contributed by atoms with Gasteiger partial charge in [0.1, 0.15) is 0 Å². The van der Waals surface area contributed by atoms with Gasteiger partial charge in [-0.15, -0.1) is 0 Å². The molecule has 2 aromatic heterocycles. The Bertz CT molecular complexity index is 6970. The molecule has 0 saturated heterocycles. The minimum absolute atomic E-state index is 0.611. The average molecular weight is 1530 g/mol. The van der Waals surface area contributed by atoms with Crippen molar-refractivity contribution in [3.8, 4) is 192 Å². The first-order valence-electron chi connectivity index (χ1n) is 40.0. The Kier molecular flexibility index (Phi) is 20.6. The van der Waals surface area contributed by atoms with Crippen molar-refractivity contribution >= 4 is 21.5 Å². The zero-order valence-corrected chi connectivity index (χ0v) is 65.1. The van der Waals surface area contributed by atoms with Gasteiger partial charge in [0.05, 0.1) is 23.3 Å². The van der Waals surface area contributed by atoms with E-state index in [1.54, 1.807) is 0 Å². The van der Waals surface area contributed by atoms with Crippen LogP contribution >= 0.6 is 0 Å². The largest absolute Gasteiger partial charge is 0.208 e. The van der Waals surface area contributed by atoms with E-state index in [2.05, 4.69) is 376 Å². The van der Waals surface area contributed by atoms with Gasteiger partial charge in [-0.25, -0.2) is 29.9 Å². The van der Waals surface area contributed by atoms with Gasteiger partial charge in [-0.2, -0.15) is 10.5 Å². The first-order valence-corrected chi connectivity index (χ1v) is 40.0. The van der Waals surface area contributed by atoms with Gasteiger partial charge < -0.3 is 0 Å². The fourth-order valence-electron chi connectivity index (χ4n) is 15.7. The quantitative estimate of drug-likeness (QED) is 0.0937. The molecule has 0 amide bonds. The molecule has 8 nitrogen and oxygen atoms in total. The van der Waals surface area contributed by atoms with Gasteiger partial charge in [-0.1, -0.05) is 406 Å². The highest BCUT2D eigenvalue weighted by atomic mass is 15.0. The standard InChI is InChI=1S/2C56H36N4/c57-37-38-10-9-15-49(36-38)43-18-24-44(25-19-43)50-34-35-51(53-17-8-7-16-52(50)53)45-26-32-48(33-27-45)56-59-54(46-28-20-41(21-29-46)39-11-3-1-4-12-39)58-55(60-56)47-30-22-42(23-31-47)40-13-5-2-6-14-40;57-37-38-18-20-41(21-19-38)44-22-28-45(29-23-44)50-34-35-51(53-17-8-7-16-52(50)53)48-14-9-15-49(36-48)56-59-54(46-30-24-42(25-31-46)39-10-3-1-4-11-39)58-55(60-56)47-32-26-43(27-33-47)40-12-5-2-6-13-40/h2*1-36H. The highest BCUT2D eigenvalue weighted by molar-refractivity contribution is 6.07. The number of hydrogen-bond acceptors (Lipinski definition) is 8. The van der Waals surface area contributed by atoms with E-state index in [0.717, 1.165) is 139 Å². The molecule has 0 aliphatic rings. The van der Waals surface area contributed by atoms with Crippen molar-refractivity contribution in [2.24, 2.45) is 0 Å². The number of rotatable bonds is 16. The van der Waals surface area contributed by atoms with Crippen LogP contribution in [0.1, 0.15) is 11.1 Å². The van der Waals surface area contributed by atoms with E-state index >= 15 is 0 Å². The maximum atomic E-state index is 9.38. The molecule has 560 valence electrons. The molecule has 0 fully saturated rings. The fraction of sp³-hybridized carbons (Fsp3) is 0. The lowest BCUT2D eigenvalue weighted by molar-refractivity contribution is 1.07. The van der Waals surface area contributed by atoms with Crippen LogP contribution in [0.2, 0.25) is 0 Å². The molecule has 0 atom stereocenters. The number of fused-ring (bicyclic) bond motifs is 2. The maximum absolute atomic E-state index is 9.38. The molecule has 0 unspecified atom stereocenters. The normalized spacial score (nSPS) is 11.0. The van der Waals surface area contributed by atoms with Gasteiger partial charge in [0.15, 0.2) is 34.9 Å². The zero-order valence-electron chi connectivity index (χ0n) is 65.1. The second-order valence-electron chi connectivity index (χ2n) is 29.5. The Morgan fingerprint density at radius 3 is 0.625 bits per heavy atom. The lowest BCUT2D eigenvalue weighted by atomic mass is 9.91. The van der Waals surface area contributed by atoms with E-state index in [4.69, 9.17) is 29.9 Å². The smallest absolute Gasteiger partial charge is 0.164 e. The molecule has 20 aromatic rings. The Morgan fingerprint density at radius 1 is 0.133 bits per heavy atom. The molecule has 0 radical (unpaired) electrons.